The fourth-order valence-corrected chi connectivity index (χ4v) is 1.81. The van der Waals surface area contributed by atoms with Gasteiger partial charge in [0.2, 0.25) is 0 Å². The third kappa shape index (κ3) is 6.01. The van der Waals surface area contributed by atoms with Gasteiger partial charge in [0, 0.05) is 0 Å². The Morgan fingerprint density at radius 1 is 1.21 bits per heavy atom. The van der Waals surface area contributed by atoms with E-state index >= 15 is 0 Å². The van der Waals surface area contributed by atoms with Gasteiger partial charge in [-0.3, -0.25) is 0 Å². The Bertz CT molecular complexity index is 186. The van der Waals surface area contributed by atoms with Crippen molar-refractivity contribution in [3.8, 4) is 0 Å². The number of hydrogen-bond acceptors (Lipinski definition) is 0. The molecule has 0 saturated carbocycles. The Balaban J connectivity index is 0.000000227. The standard InChI is InChI=1S/C7H12.C6H10.CH4/c1-7-5-3-2-4-6-7;1-6-4-2-3-5-6;/h3,5,7H,2,4,6H2,1H3;4H,2-3,5H2,1H3;1H4. The molecule has 1 unspecified atom stereocenters. The molecule has 82 valence electrons. The summed E-state index contributed by atoms with van der Waals surface area (Å²) >= 11 is 0. The van der Waals surface area contributed by atoms with E-state index < -0.39 is 0 Å². The largest absolute Gasteiger partial charge is 0.0883 e. The highest BCUT2D eigenvalue weighted by Crippen LogP contribution is 2.15. The van der Waals surface area contributed by atoms with Crippen molar-refractivity contribution in [3.63, 3.8) is 0 Å². The van der Waals surface area contributed by atoms with Crippen LogP contribution >= 0.6 is 0 Å². The van der Waals surface area contributed by atoms with Gasteiger partial charge in [0.15, 0.2) is 0 Å². The van der Waals surface area contributed by atoms with Crippen molar-refractivity contribution in [2.24, 2.45) is 5.92 Å². The Labute approximate surface area is 90.1 Å². The molecule has 0 radical (unpaired) electrons. The van der Waals surface area contributed by atoms with E-state index in [0.717, 1.165) is 5.92 Å². The Kier molecular flexibility index (Phi) is 7.55. The lowest BCUT2D eigenvalue weighted by atomic mass is 9.98. The van der Waals surface area contributed by atoms with Crippen LogP contribution in [0.25, 0.3) is 0 Å². The van der Waals surface area contributed by atoms with Gasteiger partial charge in [-0.05, 0) is 51.4 Å². The number of allylic oxidation sites excluding steroid dienone is 4. The first-order valence-corrected chi connectivity index (χ1v) is 5.61. The van der Waals surface area contributed by atoms with Crippen LogP contribution in [-0.4, -0.2) is 0 Å². The normalized spacial score (nSPS) is 24.4. The van der Waals surface area contributed by atoms with Crippen LogP contribution in [0.2, 0.25) is 0 Å². The molecule has 2 aliphatic carbocycles. The molecule has 0 N–H and O–H groups in total. The van der Waals surface area contributed by atoms with Crippen molar-refractivity contribution in [2.45, 2.75) is 59.8 Å². The monoisotopic (exact) mass is 194 g/mol. The van der Waals surface area contributed by atoms with E-state index in [1.54, 1.807) is 5.57 Å². The van der Waals surface area contributed by atoms with Gasteiger partial charge >= 0.3 is 0 Å². The minimum absolute atomic E-state index is 0. The molecule has 0 heterocycles. The lowest BCUT2D eigenvalue weighted by molar-refractivity contribution is 0.584. The van der Waals surface area contributed by atoms with Crippen molar-refractivity contribution < 1.29 is 0 Å². The zero-order valence-electron chi connectivity index (χ0n) is 9.05. The topological polar surface area (TPSA) is 0 Å². The third-order valence-corrected chi connectivity index (χ3v) is 2.76. The van der Waals surface area contributed by atoms with Gasteiger partial charge in [0.25, 0.3) is 0 Å². The molecule has 0 saturated heterocycles. The van der Waals surface area contributed by atoms with Gasteiger partial charge in [-0.1, -0.05) is 38.2 Å². The molecule has 0 bridgehead atoms. The van der Waals surface area contributed by atoms with Gasteiger partial charge in [0.1, 0.15) is 0 Å². The average Bonchev–Trinajstić information content (AvgIpc) is 2.58. The first-order chi connectivity index (χ1) is 6.29. The fraction of sp³-hybridized carbons (Fsp3) is 0.714. The maximum absolute atomic E-state index is 2.32. The van der Waals surface area contributed by atoms with Crippen LogP contribution in [0.3, 0.4) is 0 Å². The second-order valence-corrected chi connectivity index (χ2v) is 4.28. The van der Waals surface area contributed by atoms with E-state index in [2.05, 4.69) is 32.1 Å². The maximum Gasteiger partial charge on any atom is -0.0262 e. The van der Waals surface area contributed by atoms with Crippen molar-refractivity contribution in [1.82, 2.24) is 0 Å². The minimum atomic E-state index is 0. The summed E-state index contributed by atoms with van der Waals surface area (Å²) in [5, 5.41) is 0. The van der Waals surface area contributed by atoms with Crippen LogP contribution in [0.4, 0.5) is 0 Å². The molecule has 0 nitrogen and oxygen atoms in total. The van der Waals surface area contributed by atoms with Gasteiger partial charge in [-0.25, -0.2) is 0 Å². The average molecular weight is 194 g/mol. The molecule has 0 amide bonds. The van der Waals surface area contributed by atoms with E-state index in [9.17, 15) is 0 Å². The summed E-state index contributed by atoms with van der Waals surface area (Å²) in [4.78, 5) is 0. The third-order valence-electron chi connectivity index (χ3n) is 2.76. The van der Waals surface area contributed by atoms with E-state index in [4.69, 9.17) is 0 Å². The molecule has 0 spiro atoms. The molecule has 1 atom stereocenters. The molecular weight excluding hydrogens is 168 g/mol. The highest BCUT2D eigenvalue weighted by molar-refractivity contribution is 5.02. The summed E-state index contributed by atoms with van der Waals surface area (Å²) in [5.41, 5.74) is 1.58. The van der Waals surface area contributed by atoms with E-state index in [0.29, 0.717) is 0 Å². The number of rotatable bonds is 0. The predicted octanol–water partition coefficient (Wildman–Crippen LogP) is 5.12. The van der Waals surface area contributed by atoms with Crippen LogP contribution in [0.5, 0.6) is 0 Å². The van der Waals surface area contributed by atoms with E-state index in [-0.39, 0.29) is 7.43 Å². The van der Waals surface area contributed by atoms with Crippen molar-refractivity contribution in [3.05, 3.63) is 23.8 Å². The molecule has 0 fully saturated rings. The summed E-state index contributed by atoms with van der Waals surface area (Å²) in [6, 6.07) is 0. The Hall–Kier alpha value is -0.520. The summed E-state index contributed by atoms with van der Waals surface area (Å²) in [5.74, 6) is 0.855. The van der Waals surface area contributed by atoms with Gasteiger partial charge in [0.05, 0.1) is 0 Å². The van der Waals surface area contributed by atoms with Crippen molar-refractivity contribution in [1.29, 1.82) is 0 Å². The van der Waals surface area contributed by atoms with Crippen LogP contribution < -0.4 is 0 Å². The molecule has 0 heteroatoms. The zero-order valence-corrected chi connectivity index (χ0v) is 9.05. The second-order valence-electron chi connectivity index (χ2n) is 4.28. The highest BCUT2D eigenvalue weighted by Gasteiger charge is 1.98. The molecule has 0 aromatic heterocycles. The van der Waals surface area contributed by atoms with Crippen LogP contribution in [0.15, 0.2) is 23.8 Å². The molecule has 2 aliphatic rings. The number of hydrogen-bond donors (Lipinski definition) is 0. The molecule has 0 aromatic rings. The molecule has 14 heavy (non-hydrogen) atoms. The van der Waals surface area contributed by atoms with Gasteiger partial charge in [-0.2, -0.15) is 0 Å². The van der Waals surface area contributed by atoms with E-state index in [1.807, 2.05) is 0 Å². The Morgan fingerprint density at radius 2 is 2.00 bits per heavy atom. The quantitative estimate of drug-likeness (QED) is 0.470. The lowest BCUT2D eigenvalue weighted by Gasteiger charge is -2.08. The van der Waals surface area contributed by atoms with Crippen molar-refractivity contribution >= 4 is 0 Å². The molecule has 0 aromatic carbocycles. The molecular formula is C14H26. The maximum atomic E-state index is 2.32. The second kappa shape index (κ2) is 7.84. The summed E-state index contributed by atoms with van der Waals surface area (Å²) < 4.78 is 0. The minimum Gasteiger partial charge on any atom is -0.0883 e. The van der Waals surface area contributed by atoms with Crippen LogP contribution in [-0.2, 0) is 0 Å². The Morgan fingerprint density at radius 3 is 2.21 bits per heavy atom. The SMILES string of the molecule is C.CC1=CCCC1.CC1C=CCCC1. The van der Waals surface area contributed by atoms with E-state index in [1.165, 1.54) is 38.5 Å². The summed E-state index contributed by atoms with van der Waals surface area (Å²) in [6.45, 7) is 4.47. The fourth-order valence-electron chi connectivity index (χ4n) is 1.81. The van der Waals surface area contributed by atoms with Crippen LogP contribution in [0, 0.1) is 5.92 Å². The lowest BCUT2D eigenvalue weighted by Crippen LogP contribution is -1.92. The van der Waals surface area contributed by atoms with Gasteiger partial charge in [-0.15, -0.1) is 0 Å². The smallest absolute Gasteiger partial charge is 0.0262 e. The zero-order chi connectivity index (χ0) is 9.52. The molecule has 2 rings (SSSR count). The predicted molar refractivity (Wildman–Crippen MR) is 66.5 cm³/mol. The first kappa shape index (κ1) is 13.5. The first-order valence-electron chi connectivity index (χ1n) is 5.61. The summed E-state index contributed by atoms with van der Waals surface area (Å²) in [6.07, 6.45) is 15.1. The summed E-state index contributed by atoms with van der Waals surface area (Å²) in [7, 11) is 0. The van der Waals surface area contributed by atoms with Crippen molar-refractivity contribution in [2.75, 3.05) is 0 Å². The highest BCUT2D eigenvalue weighted by atomic mass is 14.0. The molecule has 0 aliphatic heterocycles. The van der Waals surface area contributed by atoms with Crippen LogP contribution in [0.1, 0.15) is 59.8 Å². The van der Waals surface area contributed by atoms with Gasteiger partial charge < -0.3 is 0 Å².